The van der Waals surface area contributed by atoms with E-state index in [9.17, 15) is 17.6 Å². The Morgan fingerprint density at radius 1 is 1.18 bits per heavy atom. The first-order chi connectivity index (χ1) is 7.72. The molecule has 0 bridgehead atoms. The summed E-state index contributed by atoms with van der Waals surface area (Å²) in [6, 6.07) is -1.25. The maximum atomic E-state index is 13.4. The van der Waals surface area contributed by atoms with Crippen LogP contribution in [-0.4, -0.2) is 11.7 Å². The van der Waals surface area contributed by atoms with Gasteiger partial charge in [0.2, 0.25) is 0 Å². The molecule has 0 heterocycles. The molecule has 0 aliphatic rings. The van der Waals surface area contributed by atoms with Gasteiger partial charge in [-0.15, -0.1) is 0 Å². The zero-order chi connectivity index (χ0) is 13.4. The third-order valence-corrected chi connectivity index (χ3v) is 2.71. The molecule has 2 nitrogen and oxygen atoms in total. The Labute approximate surface area is 96.1 Å². The quantitative estimate of drug-likeness (QED) is 0.639. The third-order valence-electron chi connectivity index (χ3n) is 2.71. The molecule has 0 fully saturated rings. The second-order valence-electron chi connectivity index (χ2n) is 4.51. The van der Waals surface area contributed by atoms with Crippen LogP contribution in [0.25, 0.3) is 0 Å². The highest BCUT2D eigenvalue weighted by molar-refractivity contribution is 5.27. The van der Waals surface area contributed by atoms with Crippen molar-refractivity contribution >= 4 is 0 Å². The zero-order valence-corrected chi connectivity index (χ0v) is 9.40. The number of aliphatic hydroxyl groups is 1. The van der Waals surface area contributed by atoms with Crippen molar-refractivity contribution in [1.29, 1.82) is 0 Å². The van der Waals surface area contributed by atoms with E-state index in [1.54, 1.807) is 0 Å². The summed E-state index contributed by atoms with van der Waals surface area (Å²) >= 11 is 0. The molecule has 0 amide bonds. The molecule has 1 aromatic carbocycles. The van der Waals surface area contributed by atoms with Crippen molar-refractivity contribution in [2.24, 2.45) is 11.1 Å². The van der Waals surface area contributed by atoms with Crippen molar-refractivity contribution < 1.29 is 22.7 Å². The first-order valence-electron chi connectivity index (χ1n) is 4.91. The van der Waals surface area contributed by atoms with Crippen LogP contribution in [0.2, 0.25) is 0 Å². The lowest BCUT2D eigenvalue weighted by atomic mass is 9.81. The van der Waals surface area contributed by atoms with Crippen LogP contribution in [0.3, 0.4) is 0 Å². The summed E-state index contributed by atoms with van der Waals surface area (Å²) in [5, 5.41) is 9.03. The molecule has 0 saturated carbocycles. The predicted octanol–water partition coefficient (Wildman–Crippen LogP) is 2.26. The standard InChI is InChI=1S/C11H13F4NO/c1-11(2,4-17)10(16)7-8(14)5(12)3-6(13)9(7)15/h3,10,17H,4,16H2,1-2H3/t10-/m1/s1. The summed E-state index contributed by atoms with van der Waals surface area (Å²) < 4.78 is 52.8. The van der Waals surface area contributed by atoms with Crippen LogP contribution >= 0.6 is 0 Å². The van der Waals surface area contributed by atoms with Gasteiger partial charge < -0.3 is 10.8 Å². The number of rotatable bonds is 3. The first-order valence-corrected chi connectivity index (χ1v) is 4.91. The Kier molecular flexibility index (Phi) is 3.78. The Bertz CT molecular complexity index is 408. The van der Waals surface area contributed by atoms with Gasteiger partial charge in [-0.1, -0.05) is 13.8 Å². The molecule has 0 radical (unpaired) electrons. The van der Waals surface area contributed by atoms with Crippen molar-refractivity contribution in [3.63, 3.8) is 0 Å². The lowest BCUT2D eigenvalue weighted by molar-refractivity contribution is 0.128. The smallest absolute Gasteiger partial charge is 0.166 e. The van der Waals surface area contributed by atoms with Gasteiger partial charge in [0.15, 0.2) is 23.3 Å². The largest absolute Gasteiger partial charge is 0.396 e. The molecule has 1 atom stereocenters. The zero-order valence-electron chi connectivity index (χ0n) is 9.40. The van der Waals surface area contributed by atoms with Crippen molar-refractivity contribution in [2.75, 3.05) is 6.61 Å². The van der Waals surface area contributed by atoms with Crippen molar-refractivity contribution in [2.45, 2.75) is 19.9 Å². The molecule has 0 aliphatic carbocycles. The van der Waals surface area contributed by atoms with E-state index in [4.69, 9.17) is 10.8 Å². The van der Waals surface area contributed by atoms with Crippen LogP contribution in [-0.2, 0) is 0 Å². The summed E-state index contributed by atoms with van der Waals surface area (Å²) in [7, 11) is 0. The average molecular weight is 251 g/mol. The van der Waals surface area contributed by atoms with Gasteiger partial charge in [0.25, 0.3) is 0 Å². The van der Waals surface area contributed by atoms with Crippen molar-refractivity contribution in [1.82, 2.24) is 0 Å². The average Bonchev–Trinajstić information content (AvgIpc) is 2.26. The highest BCUT2D eigenvalue weighted by atomic mass is 19.2. The second kappa shape index (κ2) is 4.62. The molecular weight excluding hydrogens is 238 g/mol. The van der Waals surface area contributed by atoms with Crippen LogP contribution in [0, 0.1) is 28.7 Å². The van der Waals surface area contributed by atoms with E-state index in [2.05, 4.69) is 0 Å². The number of hydrogen-bond acceptors (Lipinski definition) is 2. The predicted molar refractivity (Wildman–Crippen MR) is 54.1 cm³/mol. The maximum Gasteiger partial charge on any atom is 0.166 e. The molecule has 3 N–H and O–H groups in total. The maximum absolute atomic E-state index is 13.4. The molecule has 0 aromatic heterocycles. The molecule has 0 unspecified atom stereocenters. The van der Waals surface area contributed by atoms with Gasteiger partial charge in [-0.25, -0.2) is 17.6 Å². The van der Waals surface area contributed by atoms with E-state index < -0.39 is 46.9 Å². The lowest BCUT2D eigenvalue weighted by Crippen LogP contribution is -2.34. The fourth-order valence-corrected chi connectivity index (χ4v) is 1.35. The fourth-order valence-electron chi connectivity index (χ4n) is 1.35. The number of nitrogens with two attached hydrogens (primary N) is 1. The highest BCUT2D eigenvalue weighted by Crippen LogP contribution is 2.35. The second-order valence-corrected chi connectivity index (χ2v) is 4.51. The molecule has 1 rings (SSSR count). The van der Waals surface area contributed by atoms with Crippen LogP contribution in [0.15, 0.2) is 6.07 Å². The Morgan fingerprint density at radius 3 is 1.94 bits per heavy atom. The van der Waals surface area contributed by atoms with E-state index in [1.807, 2.05) is 0 Å². The minimum Gasteiger partial charge on any atom is -0.396 e. The minimum absolute atomic E-state index is 0.118. The van der Waals surface area contributed by atoms with Crippen molar-refractivity contribution in [3.8, 4) is 0 Å². The number of hydrogen-bond donors (Lipinski definition) is 2. The molecule has 96 valence electrons. The van der Waals surface area contributed by atoms with Gasteiger partial charge in [-0.2, -0.15) is 0 Å². The van der Waals surface area contributed by atoms with Crippen LogP contribution in [0.4, 0.5) is 17.6 Å². The van der Waals surface area contributed by atoms with E-state index in [1.165, 1.54) is 13.8 Å². The molecule has 0 aliphatic heterocycles. The molecule has 17 heavy (non-hydrogen) atoms. The third kappa shape index (κ3) is 2.42. The van der Waals surface area contributed by atoms with Gasteiger partial charge in [-0.05, 0) is 0 Å². The summed E-state index contributed by atoms with van der Waals surface area (Å²) in [6.45, 7) is 2.38. The van der Waals surface area contributed by atoms with Gasteiger partial charge in [-0.3, -0.25) is 0 Å². The number of halogens is 4. The van der Waals surface area contributed by atoms with Gasteiger partial charge >= 0.3 is 0 Å². The summed E-state index contributed by atoms with van der Waals surface area (Å²) in [6.07, 6.45) is 0. The van der Waals surface area contributed by atoms with Crippen molar-refractivity contribution in [3.05, 3.63) is 34.9 Å². The molecule has 0 spiro atoms. The van der Waals surface area contributed by atoms with Crippen LogP contribution < -0.4 is 5.73 Å². The summed E-state index contributed by atoms with van der Waals surface area (Å²) in [5.41, 5.74) is 3.55. The Balaban J connectivity index is 3.41. The first kappa shape index (κ1) is 13.9. The Morgan fingerprint density at radius 2 is 1.59 bits per heavy atom. The fraction of sp³-hybridized carbons (Fsp3) is 0.455. The monoisotopic (exact) mass is 251 g/mol. The topological polar surface area (TPSA) is 46.2 Å². The summed E-state index contributed by atoms with van der Waals surface area (Å²) in [4.78, 5) is 0. The SMILES string of the molecule is CC(C)(CO)[C@H](N)c1c(F)c(F)cc(F)c1F. The number of aliphatic hydroxyl groups excluding tert-OH is 1. The van der Waals surface area contributed by atoms with E-state index >= 15 is 0 Å². The number of benzene rings is 1. The molecule has 1 aromatic rings. The van der Waals surface area contributed by atoms with Gasteiger partial charge in [0, 0.05) is 29.7 Å². The normalized spacial score (nSPS) is 13.9. The van der Waals surface area contributed by atoms with E-state index in [0.717, 1.165) is 0 Å². The lowest BCUT2D eigenvalue weighted by Gasteiger charge is -2.30. The van der Waals surface area contributed by atoms with Crippen LogP contribution in [0.1, 0.15) is 25.5 Å². The van der Waals surface area contributed by atoms with E-state index in [0.29, 0.717) is 0 Å². The Hall–Kier alpha value is -1.14. The summed E-state index contributed by atoms with van der Waals surface area (Å²) in [5.74, 6) is -6.08. The van der Waals surface area contributed by atoms with Crippen LogP contribution in [0.5, 0.6) is 0 Å². The highest BCUT2D eigenvalue weighted by Gasteiger charge is 2.33. The molecule has 0 saturated heterocycles. The van der Waals surface area contributed by atoms with Gasteiger partial charge in [0.1, 0.15) is 0 Å². The van der Waals surface area contributed by atoms with Gasteiger partial charge in [0.05, 0.1) is 0 Å². The minimum atomic E-state index is -1.53. The van der Waals surface area contributed by atoms with E-state index in [-0.39, 0.29) is 6.07 Å². The molecule has 6 heteroatoms. The molecular formula is C11H13F4NO.